The van der Waals surface area contributed by atoms with Crippen molar-refractivity contribution in [2.24, 2.45) is 0 Å². The van der Waals surface area contributed by atoms with E-state index in [9.17, 15) is 9.59 Å². The predicted octanol–water partition coefficient (Wildman–Crippen LogP) is 0.334. The molecule has 2 heterocycles. The third-order valence-corrected chi connectivity index (χ3v) is 2.83. The monoisotopic (exact) mass is 237 g/mol. The SMILES string of the molecule is CCC1C(=O)NCCN1C(=O)c1cc(C)on1. The molecule has 1 N–H and O–H groups in total. The Bertz CT molecular complexity index is 441. The molecule has 1 fully saturated rings. The highest BCUT2D eigenvalue weighted by Crippen LogP contribution is 2.13. The molecule has 0 bridgehead atoms. The molecule has 0 aromatic carbocycles. The Morgan fingerprint density at radius 3 is 3.06 bits per heavy atom. The van der Waals surface area contributed by atoms with Crippen LogP contribution < -0.4 is 5.32 Å². The zero-order chi connectivity index (χ0) is 12.4. The molecule has 1 atom stereocenters. The maximum absolute atomic E-state index is 12.2. The second-order valence-corrected chi connectivity index (χ2v) is 4.04. The number of hydrogen-bond donors (Lipinski definition) is 1. The highest BCUT2D eigenvalue weighted by atomic mass is 16.5. The standard InChI is InChI=1S/C11H15N3O3/c1-3-9-10(15)12-4-5-14(9)11(16)8-6-7(2)17-13-8/h6,9H,3-5H2,1-2H3,(H,12,15). The number of carbonyl (C=O) groups is 2. The molecule has 2 rings (SSSR count). The van der Waals surface area contributed by atoms with E-state index in [-0.39, 0.29) is 17.5 Å². The van der Waals surface area contributed by atoms with E-state index in [1.165, 1.54) is 0 Å². The molecule has 6 nitrogen and oxygen atoms in total. The smallest absolute Gasteiger partial charge is 0.276 e. The molecule has 2 amide bonds. The van der Waals surface area contributed by atoms with E-state index in [1.807, 2.05) is 6.92 Å². The number of carbonyl (C=O) groups excluding carboxylic acids is 2. The highest BCUT2D eigenvalue weighted by Gasteiger charge is 2.33. The lowest BCUT2D eigenvalue weighted by atomic mass is 10.1. The quantitative estimate of drug-likeness (QED) is 0.804. The average molecular weight is 237 g/mol. The first-order chi connectivity index (χ1) is 8.13. The average Bonchev–Trinajstić information content (AvgIpc) is 2.74. The van der Waals surface area contributed by atoms with Gasteiger partial charge in [-0.2, -0.15) is 0 Å². The van der Waals surface area contributed by atoms with Crippen LogP contribution in [0.1, 0.15) is 29.6 Å². The van der Waals surface area contributed by atoms with Gasteiger partial charge in [0.05, 0.1) is 0 Å². The van der Waals surface area contributed by atoms with Crippen molar-refractivity contribution in [1.82, 2.24) is 15.4 Å². The van der Waals surface area contributed by atoms with Gasteiger partial charge in [0.1, 0.15) is 11.8 Å². The molecule has 0 spiro atoms. The summed E-state index contributed by atoms with van der Waals surface area (Å²) in [5, 5.41) is 6.43. The van der Waals surface area contributed by atoms with Gasteiger partial charge in [0, 0.05) is 19.2 Å². The number of aryl methyl sites for hydroxylation is 1. The molecule has 92 valence electrons. The van der Waals surface area contributed by atoms with E-state index in [0.29, 0.717) is 25.3 Å². The Kier molecular flexibility index (Phi) is 3.12. The van der Waals surface area contributed by atoms with Crippen LogP contribution in [-0.4, -0.2) is 41.0 Å². The van der Waals surface area contributed by atoms with E-state index >= 15 is 0 Å². The molecular formula is C11H15N3O3. The van der Waals surface area contributed by atoms with Crippen LogP contribution in [0.25, 0.3) is 0 Å². The number of aromatic nitrogens is 1. The highest BCUT2D eigenvalue weighted by molar-refractivity contribution is 5.96. The molecule has 0 saturated carbocycles. The Balaban J connectivity index is 2.20. The minimum atomic E-state index is -0.409. The van der Waals surface area contributed by atoms with Crippen molar-refractivity contribution in [1.29, 1.82) is 0 Å². The second-order valence-electron chi connectivity index (χ2n) is 4.04. The fraction of sp³-hybridized carbons (Fsp3) is 0.545. The Morgan fingerprint density at radius 1 is 1.71 bits per heavy atom. The van der Waals surface area contributed by atoms with Crippen molar-refractivity contribution in [2.45, 2.75) is 26.3 Å². The molecule has 0 aliphatic carbocycles. The molecular weight excluding hydrogens is 222 g/mol. The minimum absolute atomic E-state index is 0.104. The fourth-order valence-electron chi connectivity index (χ4n) is 1.98. The van der Waals surface area contributed by atoms with Gasteiger partial charge in [0.2, 0.25) is 5.91 Å². The molecule has 0 radical (unpaired) electrons. The van der Waals surface area contributed by atoms with Crippen molar-refractivity contribution in [3.63, 3.8) is 0 Å². The number of rotatable bonds is 2. The summed E-state index contributed by atoms with van der Waals surface area (Å²) in [4.78, 5) is 25.3. The van der Waals surface area contributed by atoms with Crippen molar-refractivity contribution in [2.75, 3.05) is 13.1 Å². The molecule has 1 aliphatic rings. The van der Waals surface area contributed by atoms with E-state index in [0.717, 1.165) is 0 Å². The molecule has 17 heavy (non-hydrogen) atoms. The molecule has 1 unspecified atom stereocenters. The molecule has 1 aromatic rings. The topological polar surface area (TPSA) is 75.4 Å². The molecule has 1 saturated heterocycles. The summed E-state index contributed by atoms with van der Waals surface area (Å²) in [5.41, 5.74) is 0.260. The van der Waals surface area contributed by atoms with Gasteiger partial charge in [0.25, 0.3) is 5.91 Å². The summed E-state index contributed by atoms with van der Waals surface area (Å²) >= 11 is 0. The zero-order valence-electron chi connectivity index (χ0n) is 9.90. The summed E-state index contributed by atoms with van der Waals surface area (Å²) in [6.07, 6.45) is 0.592. The zero-order valence-corrected chi connectivity index (χ0v) is 9.90. The van der Waals surface area contributed by atoms with Crippen LogP contribution in [-0.2, 0) is 4.79 Å². The molecule has 1 aliphatic heterocycles. The van der Waals surface area contributed by atoms with Crippen LogP contribution >= 0.6 is 0 Å². The number of hydrogen-bond acceptors (Lipinski definition) is 4. The van der Waals surface area contributed by atoms with Crippen molar-refractivity contribution >= 4 is 11.8 Å². The number of amides is 2. The lowest BCUT2D eigenvalue weighted by Crippen LogP contribution is -2.56. The normalized spacial score (nSPS) is 20.2. The van der Waals surface area contributed by atoms with Crippen LogP contribution in [0, 0.1) is 6.92 Å². The van der Waals surface area contributed by atoms with Gasteiger partial charge >= 0.3 is 0 Å². The van der Waals surface area contributed by atoms with Crippen LogP contribution in [0.3, 0.4) is 0 Å². The maximum Gasteiger partial charge on any atom is 0.276 e. The lowest BCUT2D eigenvalue weighted by molar-refractivity contribution is -0.127. The number of nitrogens with zero attached hydrogens (tertiary/aromatic N) is 2. The Labute approximate surface area is 98.9 Å². The van der Waals surface area contributed by atoms with Crippen molar-refractivity contribution in [3.8, 4) is 0 Å². The van der Waals surface area contributed by atoms with Crippen LogP contribution in [0.4, 0.5) is 0 Å². The van der Waals surface area contributed by atoms with Crippen LogP contribution in [0.15, 0.2) is 10.6 Å². The van der Waals surface area contributed by atoms with Crippen molar-refractivity contribution < 1.29 is 14.1 Å². The van der Waals surface area contributed by atoms with Gasteiger partial charge in [-0.3, -0.25) is 9.59 Å². The number of nitrogens with one attached hydrogen (secondary N) is 1. The third kappa shape index (κ3) is 2.15. The van der Waals surface area contributed by atoms with E-state index < -0.39 is 6.04 Å². The van der Waals surface area contributed by atoms with E-state index in [1.54, 1.807) is 17.9 Å². The Morgan fingerprint density at radius 2 is 2.47 bits per heavy atom. The third-order valence-electron chi connectivity index (χ3n) is 2.83. The minimum Gasteiger partial charge on any atom is -0.361 e. The van der Waals surface area contributed by atoms with Crippen LogP contribution in [0.5, 0.6) is 0 Å². The Hall–Kier alpha value is -1.85. The number of piperazine rings is 1. The summed E-state index contributed by atoms with van der Waals surface area (Å²) in [5.74, 6) is 0.235. The largest absolute Gasteiger partial charge is 0.361 e. The van der Waals surface area contributed by atoms with Gasteiger partial charge < -0.3 is 14.7 Å². The molecule has 6 heteroatoms. The summed E-state index contributed by atoms with van der Waals surface area (Å²) in [7, 11) is 0. The van der Waals surface area contributed by atoms with Gasteiger partial charge in [-0.25, -0.2) is 0 Å². The van der Waals surface area contributed by atoms with Gasteiger partial charge in [-0.15, -0.1) is 0 Å². The predicted molar refractivity (Wildman–Crippen MR) is 59.4 cm³/mol. The lowest BCUT2D eigenvalue weighted by Gasteiger charge is -2.33. The fourth-order valence-corrected chi connectivity index (χ4v) is 1.98. The van der Waals surface area contributed by atoms with Gasteiger partial charge in [-0.05, 0) is 13.3 Å². The van der Waals surface area contributed by atoms with E-state index in [4.69, 9.17) is 4.52 Å². The first-order valence-electron chi connectivity index (χ1n) is 5.65. The van der Waals surface area contributed by atoms with Crippen molar-refractivity contribution in [3.05, 3.63) is 17.5 Å². The summed E-state index contributed by atoms with van der Waals surface area (Å²) < 4.78 is 4.87. The first kappa shape index (κ1) is 11.6. The van der Waals surface area contributed by atoms with Gasteiger partial charge in [0.15, 0.2) is 5.69 Å². The van der Waals surface area contributed by atoms with Gasteiger partial charge in [-0.1, -0.05) is 12.1 Å². The molecule has 1 aromatic heterocycles. The van der Waals surface area contributed by atoms with Crippen LogP contribution in [0.2, 0.25) is 0 Å². The maximum atomic E-state index is 12.2. The first-order valence-corrected chi connectivity index (χ1v) is 5.65. The summed E-state index contributed by atoms with van der Waals surface area (Å²) in [6, 6.07) is 1.18. The second kappa shape index (κ2) is 4.57. The summed E-state index contributed by atoms with van der Waals surface area (Å²) in [6.45, 7) is 4.60. The van der Waals surface area contributed by atoms with E-state index in [2.05, 4.69) is 10.5 Å².